The Kier molecular flexibility index (Phi) is 3.56. The molecule has 6 heteroatoms. The number of H-pyrrole nitrogens is 1. The van der Waals surface area contributed by atoms with Gasteiger partial charge in [0.1, 0.15) is 11.6 Å². The normalized spacial score (nSPS) is 29.3. The molecule has 4 atom stereocenters. The van der Waals surface area contributed by atoms with E-state index < -0.39 is 0 Å². The summed E-state index contributed by atoms with van der Waals surface area (Å²) < 4.78 is 13.2. The maximum absolute atomic E-state index is 13.2. The predicted octanol–water partition coefficient (Wildman–Crippen LogP) is 1.73. The minimum atomic E-state index is -0.286. The van der Waals surface area contributed by atoms with Crippen molar-refractivity contribution >= 4 is 16.9 Å². The van der Waals surface area contributed by atoms with Gasteiger partial charge in [-0.25, -0.2) is 9.37 Å². The van der Waals surface area contributed by atoms with Crippen LogP contribution in [-0.2, 0) is 11.2 Å². The first kappa shape index (κ1) is 14.6. The van der Waals surface area contributed by atoms with E-state index in [1.807, 2.05) is 0 Å². The zero-order chi connectivity index (χ0) is 16.0. The Morgan fingerprint density at radius 2 is 2.22 bits per heavy atom. The predicted molar refractivity (Wildman–Crippen MR) is 85.1 cm³/mol. The summed E-state index contributed by atoms with van der Waals surface area (Å²) in [6.45, 7) is 0.516. The van der Waals surface area contributed by atoms with Crippen LogP contribution in [0.25, 0.3) is 11.0 Å². The molecular formula is C17H21FN4O. The Hall–Kier alpha value is -1.95. The van der Waals surface area contributed by atoms with E-state index in [9.17, 15) is 9.18 Å². The molecule has 0 spiro atoms. The molecule has 5 nitrogen and oxygen atoms in total. The Morgan fingerprint density at radius 3 is 3.00 bits per heavy atom. The summed E-state index contributed by atoms with van der Waals surface area (Å²) in [5.41, 5.74) is 7.62. The molecule has 1 amide bonds. The van der Waals surface area contributed by atoms with Crippen molar-refractivity contribution in [1.82, 2.24) is 15.3 Å². The van der Waals surface area contributed by atoms with E-state index in [-0.39, 0.29) is 23.7 Å². The van der Waals surface area contributed by atoms with Crippen LogP contribution >= 0.6 is 0 Å². The molecule has 2 aromatic rings. The number of amides is 1. The van der Waals surface area contributed by atoms with Crippen LogP contribution in [0.2, 0.25) is 0 Å². The molecule has 4 unspecified atom stereocenters. The topological polar surface area (TPSA) is 83.8 Å². The molecule has 23 heavy (non-hydrogen) atoms. The molecule has 1 aromatic carbocycles. The van der Waals surface area contributed by atoms with Crippen molar-refractivity contribution in [1.29, 1.82) is 0 Å². The lowest BCUT2D eigenvalue weighted by molar-refractivity contribution is -0.127. The average Bonchev–Trinajstić information content (AvgIpc) is 3.20. The fraction of sp³-hybridized carbons (Fsp3) is 0.529. The Labute approximate surface area is 133 Å². The van der Waals surface area contributed by atoms with Gasteiger partial charge in [-0.15, -0.1) is 0 Å². The molecular weight excluding hydrogens is 295 g/mol. The number of nitrogens with zero attached hydrogens (tertiary/aromatic N) is 1. The Bertz CT molecular complexity index is 741. The van der Waals surface area contributed by atoms with E-state index in [4.69, 9.17) is 5.73 Å². The first-order valence-electron chi connectivity index (χ1n) is 8.29. The van der Waals surface area contributed by atoms with Gasteiger partial charge in [0, 0.05) is 19.0 Å². The molecule has 4 N–H and O–H groups in total. The van der Waals surface area contributed by atoms with Gasteiger partial charge < -0.3 is 16.0 Å². The number of hydrogen-bond acceptors (Lipinski definition) is 3. The summed E-state index contributed by atoms with van der Waals surface area (Å²) in [4.78, 5) is 19.9. The molecule has 0 radical (unpaired) electrons. The number of nitrogens with two attached hydrogens (primary N) is 1. The van der Waals surface area contributed by atoms with Gasteiger partial charge in [0.2, 0.25) is 5.91 Å². The average molecular weight is 316 g/mol. The zero-order valence-electron chi connectivity index (χ0n) is 12.9. The molecule has 2 fully saturated rings. The maximum atomic E-state index is 13.2. The van der Waals surface area contributed by atoms with Crippen molar-refractivity contribution in [2.75, 3.05) is 6.54 Å². The van der Waals surface area contributed by atoms with E-state index in [2.05, 4.69) is 15.3 Å². The summed E-state index contributed by atoms with van der Waals surface area (Å²) in [7, 11) is 0. The molecule has 2 saturated carbocycles. The molecule has 2 aliphatic carbocycles. The minimum Gasteiger partial charge on any atom is -0.355 e. The minimum absolute atomic E-state index is 0.0166. The van der Waals surface area contributed by atoms with Crippen LogP contribution in [0.5, 0.6) is 0 Å². The molecule has 2 bridgehead atoms. The lowest BCUT2D eigenvalue weighted by Gasteiger charge is -2.26. The second-order valence-electron chi connectivity index (χ2n) is 6.82. The largest absolute Gasteiger partial charge is 0.355 e. The lowest BCUT2D eigenvalue weighted by Crippen LogP contribution is -2.45. The van der Waals surface area contributed by atoms with E-state index in [0.717, 1.165) is 24.2 Å². The molecule has 1 heterocycles. The van der Waals surface area contributed by atoms with Crippen LogP contribution in [0.15, 0.2) is 18.2 Å². The van der Waals surface area contributed by atoms with Gasteiger partial charge in [-0.2, -0.15) is 0 Å². The van der Waals surface area contributed by atoms with Gasteiger partial charge in [-0.3, -0.25) is 4.79 Å². The van der Waals surface area contributed by atoms with Gasteiger partial charge in [0.25, 0.3) is 0 Å². The molecule has 4 rings (SSSR count). The highest BCUT2D eigenvalue weighted by molar-refractivity contribution is 5.80. The summed E-state index contributed by atoms with van der Waals surface area (Å²) in [5, 5.41) is 2.99. The van der Waals surface area contributed by atoms with Crippen LogP contribution in [-0.4, -0.2) is 28.5 Å². The van der Waals surface area contributed by atoms with Gasteiger partial charge >= 0.3 is 0 Å². The van der Waals surface area contributed by atoms with Crippen LogP contribution < -0.4 is 11.1 Å². The number of fused-ring (bicyclic) bond motifs is 3. The summed E-state index contributed by atoms with van der Waals surface area (Å²) in [6, 6.07) is 4.49. The van der Waals surface area contributed by atoms with Crippen molar-refractivity contribution in [2.24, 2.45) is 23.5 Å². The molecule has 122 valence electrons. The number of nitrogens with one attached hydrogen (secondary N) is 2. The lowest BCUT2D eigenvalue weighted by atomic mass is 9.84. The van der Waals surface area contributed by atoms with E-state index in [1.165, 1.54) is 18.6 Å². The SMILES string of the molecule is NC1C2CCC(C2)C1C(=O)NCCc1nc2ccc(F)cc2[nH]1. The number of imidazole rings is 1. The van der Waals surface area contributed by atoms with Crippen LogP contribution in [0.3, 0.4) is 0 Å². The number of carbonyl (C=O) groups excluding carboxylic acids is 1. The van der Waals surface area contributed by atoms with E-state index in [1.54, 1.807) is 6.07 Å². The van der Waals surface area contributed by atoms with Crippen LogP contribution in [0.4, 0.5) is 4.39 Å². The highest BCUT2D eigenvalue weighted by atomic mass is 19.1. The zero-order valence-corrected chi connectivity index (χ0v) is 12.9. The molecule has 2 aliphatic rings. The monoisotopic (exact) mass is 316 g/mol. The number of hydrogen-bond donors (Lipinski definition) is 3. The van der Waals surface area contributed by atoms with Crippen molar-refractivity contribution in [2.45, 2.75) is 31.7 Å². The molecule has 1 aromatic heterocycles. The number of aromatic amines is 1. The number of halogens is 1. The fourth-order valence-electron chi connectivity index (χ4n) is 4.30. The highest BCUT2D eigenvalue weighted by Gasteiger charge is 2.48. The van der Waals surface area contributed by atoms with Gasteiger partial charge in [-0.1, -0.05) is 0 Å². The van der Waals surface area contributed by atoms with Gasteiger partial charge in [0.05, 0.1) is 17.0 Å². The van der Waals surface area contributed by atoms with Crippen molar-refractivity contribution in [3.63, 3.8) is 0 Å². The second kappa shape index (κ2) is 5.60. The summed E-state index contributed by atoms with van der Waals surface area (Å²) in [6.07, 6.45) is 4.00. The number of rotatable bonds is 4. The molecule has 0 aliphatic heterocycles. The second-order valence-corrected chi connectivity index (χ2v) is 6.82. The number of benzene rings is 1. The van der Waals surface area contributed by atoms with Crippen molar-refractivity contribution in [3.8, 4) is 0 Å². The number of aromatic nitrogens is 2. The smallest absolute Gasteiger partial charge is 0.224 e. The first-order chi connectivity index (χ1) is 11.1. The van der Waals surface area contributed by atoms with Crippen LogP contribution in [0, 0.1) is 23.6 Å². The fourth-order valence-corrected chi connectivity index (χ4v) is 4.30. The third-order valence-electron chi connectivity index (χ3n) is 5.44. The Morgan fingerprint density at radius 1 is 1.39 bits per heavy atom. The highest BCUT2D eigenvalue weighted by Crippen LogP contribution is 2.47. The summed E-state index contributed by atoms with van der Waals surface area (Å²) in [5.74, 6) is 1.50. The quantitative estimate of drug-likeness (QED) is 0.803. The van der Waals surface area contributed by atoms with Crippen molar-refractivity contribution in [3.05, 3.63) is 29.8 Å². The van der Waals surface area contributed by atoms with E-state index >= 15 is 0 Å². The van der Waals surface area contributed by atoms with Gasteiger partial charge in [0.15, 0.2) is 0 Å². The third-order valence-corrected chi connectivity index (χ3v) is 5.44. The Balaban J connectivity index is 1.35. The standard InChI is InChI=1S/C17H21FN4O/c18-11-3-4-12-13(8-11)22-14(21-12)5-6-20-17(23)15-9-1-2-10(7-9)16(15)19/h3-4,8-10,15-16H,1-2,5-7,19H2,(H,20,23)(H,21,22). The van der Waals surface area contributed by atoms with Crippen LogP contribution in [0.1, 0.15) is 25.1 Å². The summed E-state index contributed by atoms with van der Waals surface area (Å²) >= 11 is 0. The third kappa shape index (κ3) is 2.61. The van der Waals surface area contributed by atoms with E-state index in [0.29, 0.717) is 30.3 Å². The molecule has 0 saturated heterocycles. The number of carbonyl (C=O) groups is 1. The van der Waals surface area contributed by atoms with Crippen molar-refractivity contribution < 1.29 is 9.18 Å². The first-order valence-corrected chi connectivity index (χ1v) is 8.29. The van der Waals surface area contributed by atoms with Gasteiger partial charge in [-0.05, 0) is 49.3 Å². The maximum Gasteiger partial charge on any atom is 0.224 e.